The zero-order valence-electron chi connectivity index (χ0n) is 24.9. The summed E-state index contributed by atoms with van der Waals surface area (Å²) >= 11 is 1.88. The second-order valence-electron chi connectivity index (χ2n) is 12.1. The van der Waals surface area contributed by atoms with Gasteiger partial charge >= 0.3 is 0 Å². The summed E-state index contributed by atoms with van der Waals surface area (Å²) in [6, 6.07) is 60.2. The standard InChI is InChI=1S/C44H27NS/c1-2-12-34-29(9-1)21-24-39-35-13-3-5-17-40(35)45(44(34)39)32-22-19-28(20-23-32)30-10-7-11-31(27-30)33-25-26-42-43-37(33)15-8-16-38(43)36-14-4-6-18-41(36)46-42/h1-27H. The van der Waals surface area contributed by atoms with Crippen molar-refractivity contribution in [2.24, 2.45) is 0 Å². The lowest BCUT2D eigenvalue weighted by atomic mass is 9.91. The second-order valence-corrected chi connectivity index (χ2v) is 13.2. The quantitative estimate of drug-likeness (QED) is 0.195. The van der Waals surface area contributed by atoms with Crippen molar-refractivity contribution in [1.82, 2.24) is 4.57 Å². The average molecular weight is 602 g/mol. The van der Waals surface area contributed by atoms with E-state index in [0.717, 1.165) is 0 Å². The molecule has 0 unspecified atom stereocenters. The van der Waals surface area contributed by atoms with E-state index < -0.39 is 0 Å². The SMILES string of the molecule is c1cc(-c2ccc(-n3c4ccccc4c4ccc5ccccc5c43)cc2)cc(-c2ccc3c4c(cccc24)-c2ccccc2S3)c1. The lowest BCUT2D eigenvalue weighted by Crippen LogP contribution is -1.95. The molecule has 0 saturated carbocycles. The van der Waals surface area contributed by atoms with Gasteiger partial charge in [0.15, 0.2) is 0 Å². The molecular formula is C44H27NS. The van der Waals surface area contributed by atoms with Crippen molar-refractivity contribution in [1.29, 1.82) is 0 Å². The van der Waals surface area contributed by atoms with Crippen LogP contribution in [0, 0.1) is 0 Å². The fourth-order valence-electron chi connectivity index (χ4n) is 7.50. The Balaban J connectivity index is 1.09. The predicted molar refractivity (Wildman–Crippen MR) is 196 cm³/mol. The average Bonchev–Trinajstić information content (AvgIpc) is 3.47. The van der Waals surface area contributed by atoms with Crippen LogP contribution in [0.25, 0.3) is 82.4 Å². The number of fused-ring (bicyclic) bond motifs is 7. The largest absolute Gasteiger partial charge is 0.309 e. The molecule has 1 aliphatic rings. The first-order chi connectivity index (χ1) is 22.8. The molecule has 0 bridgehead atoms. The van der Waals surface area contributed by atoms with Crippen LogP contribution in [0.15, 0.2) is 174 Å². The zero-order valence-corrected chi connectivity index (χ0v) is 25.8. The highest BCUT2D eigenvalue weighted by Gasteiger charge is 2.20. The third-order valence-electron chi connectivity index (χ3n) is 9.59. The van der Waals surface area contributed by atoms with Crippen LogP contribution in [0.4, 0.5) is 0 Å². The highest BCUT2D eigenvalue weighted by Crippen LogP contribution is 2.49. The van der Waals surface area contributed by atoms with E-state index in [1.807, 2.05) is 11.8 Å². The molecule has 2 heteroatoms. The third kappa shape index (κ3) is 3.77. The van der Waals surface area contributed by atoms with Crippen LogP contribution >= 0.6 is 11.8 Å². The molecule has 214 valence electrons. The number of rotatable bonds is 3. The van der Waals surface area contributed by atoms with Gasteiger partial charge in [-0.15, -0.1) is 0 Å². The first-order valence-electron chi connectivity index (χ1n) is 15.8. The molecule has 1 nitrogen and oxygen atoms in total. The Morgan fingerprint density at radius 2 is 1.13 bits per heavy atom. The normalized spacial score (nSPS) is 12.3. The van der Waals surface area contributed by atoms with E-state index in [-0.39, 0.29) is 0 Å². The minimum atomic E-state index is 1.17. The maximum Gasteiger partial charge on any atom is 0.0619 e. The molecule has 0 fully saturated rings. The number of para-hydroxylation sites is 1. The lowest BCUT2D eigenvalue weighted by Gasteiger charge is -2.21. The molecule has 0 saturated heterocycles. The number of aromatic nitrogens is 1. The Morgan fingerprint density at radius 3 is 2.07 bits per heavy atom. The van der Waals surface area contributed by atoms with Gasteiger partial charge in [-0.3, -0.25) is 0 Å². The molecule has 9 aromatic rings. The molecule has 0 radical (unpaired) electrons. The van der Waals surface area contributed by atoms with Gasteiger partial charge in [-0.2, -0.15) is 0 Å². The van der Waals surface area contributed by atoms with E-state index in [2.05, 4.69) is 168 Å². The van der Waals surface area contributed by atoms with Gasteiger partial charge in [0.2, 0.25) is 0 Å². The monoisotopic (exact) mass is 601 g/mol. The molecule has 0 N–H and O–H groups in total. The maximum atomic E-state index is 2.43. The van der Waals surface area contributed by atoms with Crippen molar-refractivity contribution in [2.75, 3.05) is 0 Å². The molecule has 0 amide bonds. The predicted octanol–water partition coefficient (Wildman–Crippen LogP) is 12.6. The molecule has 46 heavy (non-hydrogen) atoms. The molecule has 0 spiro atoms. The van der Waals surface area contributed by atoms with E-state index >= 15 is 0 Å². The molecule has 1 aromatic heterocycles. The number of nitrogens with zero attached hydrogens (tertiary/aromatic N) is 1. The molecule has 8 aromatic carbocycles. The lowest BCUT2D eigenvalue weighted by molar-refractivity contribution is 1.19. The van der Waals surface area contributed by atoms with Crippen molar-refractivity contribution < 1.29 is 0 Å². The van der Waals surface area contributed by atoms with Crippen LogP contribution in [-0.2, 0) is 0 Å². The fraction of sp³-hybridized carbons (Fsp3) is 0. The highest BCUT2D eigenvalue weighted by atomic mass is 32.2. The van der Waals surface area contributed by atoms with Crippen LogP contribution in [0.5, 0.6) is 0 Å². The smallest absolute Gasteiger partial charge is 0.0619 e. The van der Waals surface area contributed by atoms with Crippen LogP contribution < -0.4 is 0 Å². The number of hydrogen-bond acceptors (Lipinski definition) is 1. The van der Waals surface area contributed by atoms with Gasteiger partial charge in [0.1, 0.15) is 0 Å². The summed E-state index contributed by atoms with van der Waals surface area (Å²) in [6.07, 6.45) is 0. The Bertz CT molecular complexity index is 2660. The summed E-state index contributed by atoms with van der Waals surface area (Å²) in [5.74, 6) is 0. The van der Waals surface area contributed by atoms with Crippen LogP contribution in [-0.4, -0.2) is 4.57 Å². The Labute approximate surface area is 271 Å². The first kappa shape index (κ1) is 25.7. The fourth-order valence-corrected chi connectivity index (χ4v) is 8.63. The van der Waals surface area contributed by atoms with Gasteiger partial charge < -0.3 is 4.57 Å². The summed E-state index contributed by atoms with van der Waals surface area (Å²) in [5, 5.41) is 7.77. The third-order valence-corrected chi connectivity index (χ3v) is 10.7. The Morgan fingerprint density at radius 1 is 0.391 bits per heavy atom. The van der Waals surface area contributed by atoms with Crippen molar-refractivity contribution in [3.63, 3.8) is 0 Å². The Kier molecular flexibility index (Phi) is 5.58. The van der Waals surface area contributed by atoms with Crippen molar-refractivity contribution in [3.8, 4) is 39.1 Å². The minimum Gasteiger partial charge on any atom is -0.309 e. The van der Waals surface area contributed by atoms with Crippen molar-refractivity contribution in [3.05, 3.63) is 164 Å². The number of benzene rings is 8. The molecule has 0 aliphatic carbocycles. The summed E-state index contributed by atoms with van der Waals surface area (Å²) in [7, 11) is 0. The Hall–Kier alpha value is -5.57. The van der Waals surface area contributed by atoms with Crippen LogP contribution in [0.2, 0.25) is 0 Å². The molecule has 0 atom stereocenters. The van der Waals surface area contributed by atoms with E-state index in [0.29, 0.717) is 0 Å². The van der Waals surface area contributed by atoms with E-state index in [4.69, 9.17) is 0 Å². The van der Waals surface area contributed by atoms with Crippen LogP contribution in [0.1, 0.15) is 0 Å². The molecular weight excluding hydrogens is 575 g/mol. The summed E-state index contributed by atoms with van der Waals surface area (Å²) in [6.45, 7) is 0. The highest BCUT2D eigenvalue weighted by molar-refractivity contribution is 7.99. The maximum absolute atomic E-state index is 2.43. The zero-order chi connectivity index (χ0) is 30.2. The van der Waals surface area contributed by atoms with Gasteiger partial charge in [-0.05, 0) is 80.6 Å². The minimum absolute atomic E-state index is 1.17. The van der Waals surface area contributed by atoms with Gasteiger partial charge in [-0.1, -0.05) is 139 Å². The summed E-state index contributed by atoms with van der Waals surface area (Å²) < 4.78 is 2.43. The van der Waals surface area contributed by atoms with Gasteiger partial charge in [0, 0.05) is 37.0 Å². The van der Waals surface area contributed by atoms with E-state index in [9.17, 15) is 0 Å². The molecule has 10 rings (SSSR count). The first-order valence-corrected chi connectivity index (χ1v) is 16.6. The summed E-state index contributed by atoms with van der Waals surface area (Å²) in [4.78, 5) is 2.66. The van der Waals surface area contributed by atoms with Gasteiger partial charge in [-0.25, -0.2) is 0 Å². The van der Waals surface area contributed by atoms with Gasteiger partial charge in [0.25, 0.3) is 0 Å². The second kappa shape index (κ2) is 9.97. The van der Waals surface area contributed by atoms with Crippen LogP contribution in [0.3, 0.4) is 0 Å². The topological polar surface area (TPSA) is 4.93 Å². The van der Waals surface area contributed by atoms with E-state index in [1.165, 1.54) is 92.2 Å². The molecule has 1 aliphatic heterocycles. The molecule has 2 heterocycles. The van der Waals surface area contributed by atoms with Gasteiger partial charge in [0.05, 0.1) is 11.0 Å². The summed E-state index contributed by atoms with van der Waals surface area (Å²) in [5.41, 5.74) is 11.3. The van der Waals surface area contributed by atoms with Crippen molar-refractivity contribution >= 4 is 55.1 Å². The number of hydrogen-bond donors (Lipinski definition) is 0. The van der Waals surface area contributed by atoms with Crippen molar-refractivity contribution in [2.45, 2.75) is 9.79 Å². The van der Waals surface area contributed by atoms with E-state index in [1.54, 1.807) is 0 Å².